The van der Waals surface area contributed by atoms with E-state index in [-0.39, 0.29) is 34.0 Å². The van der Waals surface area contributed by atoms with Crippen LogP contribution in [0.3, 0.4) is 0 Å². The van der Waals surface area contributed by atoms with Crippen LogP contribution in [0.2, 0.25) is 5.02 Å². The summed E-state index contributed by atoms with van der Waals surface area (Å²) in [5.41, 5.74) is 8.65. The average Bonchev–Trinajstić information content (AvgIpc) is 2.98. The molecule has 2 aromatic carbocycles. The highest BCUT2D eigenvalue weighted by Crippen LogP contribution is 2.37. The van der Waals surface area contributed by atoms with Gasteiger partial charge in [0.1, 0.15) is 6.07 Å². The molecule has 0 spiro atoms. The van der Waals surface area contributed by atoms with E-state index in [1.165, 1.54) is 0 Å². The number of methoxy groups -OCH3 is 2. The summed E-state index contributed by atoms with van der Waals surface area (Å²) < 4.78 is 10.9. The van der Waals surface area contributed by atoms with Crippen molar-refractivity contribution in [1.29, 1.82) is 5.26 Å². The zero-order valence-corrected chi connectivity index (χ0v) is 23.7. The Labute approximate surface area is 240 Å². The second-order valence-electron chi connectivity index (χ2n) is 10.0. The molecule has 10 heteroatoms. The van der Waals surface area contributed by atoms with Crippen LogP contribution in [0.25, 0.3) is 0 Å². The van der Waals surface area contributed by atoms with Gasteiger partial charge in [-0.1, -0.05) is 30.2 Å². The Balaban J connectivity index is 1.31. The Bertz CT molecular complexity index is 1320. The Morgan fingerprint density at radius 3 is 2.62 bits per heavy atom. The van der Waals surface area contributed by atoms with E-state index in [2.05, 4.69) is 17.5 Å². The van der Waals surface area contributed by atoms with Gasteiger partial charge in [-0.15, -0.1) is 0 Å². The molecule has 212 valence electrons. The lowest BCUT2D eigenvalue weighted by atomic mass is 9.76. The summed E-state index contributed by atoms with van der Waals surface area (Å²) in [7, 11) is 3.22. The summed E-state index contributed by atoms with van der Waals surface area (Å²) in [5.74, 6) is 1.30. The van der Waals surface area contributed by atoms with Gasteiger partial charge >= 0.3 is 0 Å². The molecule has 1 amide bonds. The first-order valence-electron chi connectivity index (χ1n) is 13.5. The van der Waals surface area contributed by atoms with Crippen molar-refractivity contribution in [1.82, 2.24) is 10.3 Å². The van der Waals surface area contributed by atoms with Gasteiger partial charge in [0.2, 0.25) is 5.91 Å². The number of carbonyl (C=O) groups is 1. The highest BCUT2D eigenvalue weighted by atomic mass is 35.5. The van der Waals surface area contributed by atoms with Crippen molar-refractivity contribution in [2.75, 3.05) is 39.6 Å². The van der Waals surface area contributed by atoms with E-state index >= 15 is 0 Å². The fourth-order valence-corrected chi connectivity index (χ4v) is 5.46. The predicted molar refractivity (Wildman–Crippen MR) is 155 cm³/mol. The van der Waals surface area contributed by atoms with E-state index in [0.717, 1.165) is 37.0 Å². The molecule has 0 radical (unpaired) electrons. The monoisotopic (exact) mass is 565 g/mol. The number of hydrogen-bond donors (Lipinski definition) is 3. The molecule has 4 rings (SSSR count). The number of benzene rings is 2. The topological polar surface area (TPSA) is 133 Å². The van der Waals surface area contributed by atoms with Gasteiger partial charge in [-0.3, -0.25) is 4.79 Å². The number of unbranched alkanes of at least 4 members (excludes halogenated alkanes) is 2. The van der Waals surface area contributed by atoms with Crippen LogP contribution < -0.4 is 20.5 Å². The largest absolute Gasteiger partial charge is 0.493 e. The number of carbonyl (C=O) groups excluding carboxylic acids is 1. The highest BCUT2D eigenvalue weighted by molar-refractivity contribution is 6.33. The number of nitrogens with two attached hydrogens (primary N) is 1. The number of nitrogen functional groups attached to an aromatic ring is 1. The number of hydrazone groups is 1. The Kier molecular flexibility index (Phi) is 10.0. The third kappa shape index (κ3) is 6.58. The van der Waals surface area contributed by atoms with Crippen molar-refractivity contribution in [2.45, 2.75) is 38.2 Å². The van der Waals surface area contributed by atoms with Gasteiger partial charge in [-0.2, -0.15) is 10.4 Å². The number of nitriles is 1. The van der Waals surface area contributed by atoms with E-state index in [4.69, 9.17) is 31.9 Å². The molecule has 0 saturated carbocycles. The summed E-state index contributed by atoms with van der Waals surface area (Å²) >= 11 is 6.08. The van der Waals surface area contributed by atoms with Crippen LogP contribution in [0.1, 0.15) is 54.9 Å². The molecule has 3 atom stereocenters. The Morgan fingerprint density at radius 1 is 1.15 bits per heavy atom. The van der Waals surface area contributed by atoms with Gasteiger partial charge in [-0.05, 0) is 68.1 Å². The molecule has 3 unspecified atom stereocenters. The Morgan fingerprint density at radius 2 is 1.90 bits per heavy atom. The van der Waals surface area contributed by atoms with Crippen molar-refractivity contribution in [2.24, 2.45) is 16.9 Å². The minimum Gasteiger partial charge on any atom is -0.493 e. The minimum atomic E-state index is -0.807. The lowest BCUT2D eigenvalue weighted by molar-refractivity contribution is -0.137. The molecule has 2 aliphatic rings. The molecule has 0 fully saturated rings. The minimum absolute atomic E-state index is 0.0441. The van der Waals surface area contributed by atoms with E-state index in [1.54, 1.807) is 31.4 Å². The number of anilines is 1. The maximum atomic E-state index is 13.3. The number of halogens is 1. The van der Waals surface area contributed by atoms with Crippen molar-refractivity contribution < 1.29 is 19.4 Å². The van der Waals surface area contributed by atoms with Gasteiger partial charge in [0.25, 0.3) is 0 Å². The van der Waals surface area contributed by atoms with Gasteiger partial charge in [0.15, 0.2) is 11.5 Å². The maximum Gasteiger partial charge on any atom is 0.246 e. The average molecular weight is 566 g/mol. The molecular formula is C30H36ClN5O4. The molecule has 1 aliphatic carbocycles. The van der Waals surface area contributed by atoms with Gasteiger partial charge in [0.05, 0.1) is 48.2 Å². The number of ether oxygens (including phenoxy) is 2. The number of allylic oxidation sites excluding steroid dienone is 2. The van der Waals surface area contributed by atoms with Crippen molar-refractivity contribution in [3.8, 4) is 17.6 Å². The standard InChI is InChI=1S/C30H36ClN5O4/c1-39-26-11-10-19(16-27(26)40-2)29-22-8-4-5-9-23(22)30(38)36(35-29)13-7-3-6-12-34-18-25(37)20-14-21(17-32)28(33)24(31)15-20/h4-5,10-11,14-16,22-23,25,34,37H,3,6-9,12-13,18,33H2,1-2H3. The molecule has 0 aromatic heterocycles. The number of nitrogens with one attached hydrogen (secondary N) is 1. The lowest BCUT2D eigenvalue weighted by Gasteiger charge is -2.37. The first-order chi connectivity index (χ1) is 19.4. The molecule has 0 saturated heterocycles. The number of aliphatic hydroxyl groups excluding tert-OH is 1. The zero-order chi connectivity index (χ0) is 28.6. The summed E-state index contributed by atoms with van der Waals surface area (Å²) in [5, 5.41) is 29.7. The molecule has 40 heavy (non-hydrogen) atoms. The molecule has 0 bridgehead atoms. The number of rotatable bonds is 12. The molecule has 1 aliphatic heterocycles. The Hall–Kier alpha value is -3.58. The SMILES string of the molecule is COc1ccc(C2=NN(CCCCCNCC(O)c3cc(Cl)c(N)c(C#N)c3)C(=O)C3CC=CCC23)cc1OC. The van der Waals surface area contributed by atoms with Crippen LogP contribution in [0.5, 0.6) is 11.5 Å². The van der Waals surface area contributed by atoms with Crippen LogP contribution in [0.4, 0.5) is 5.69 Å². The maximum absolute atomic E-state index is 13.3. The number of nitrogens with zero attached hydrogens (tertiary/aromatic N) is 3. The molecule has 1 heterocycles. The van der Waals surface area contributed by atoms with Crippen molar-refractivity contribution >= 4 is 28.9 Å². The van der Waals surface area contributed by atoms with Crippen molar-refractivity contribution in [3.05, 3.63) is 64.2 Å². The summed E-state index contributed by atoms with van der Waals surface area (Å²) in [6.07, 6.45) is 7.51. The summed E-state index contributed by atoms with van der Waals surface area (Å²) in [6, 6.07) is 10.9. The second kappa shape index (κ2) is 13.7. The van der Waals surface area contributed by atoms with Gasteiger partial charge < -0.3 is 25.6 Å². The third-order valence-electron chi connectivity index (χ3n) is 7.48. The molecule has 2 aromatic rings. The summed E-state index contributed by atoms with van der Waals surface area (Å²) in [4.78, 5) is 13.3. The van der Waals surface area contributed by atoms with E-state index in [9.17, 15) is 15.2 Å². The normalized spacial score (nSPS) is 19.0. The first kappa shape index (κ1) is 29.4. The predicted octanol–water partition coefficient (Wildman–Crippen LogP) is 4.43. The van der Waals surface area contributed by atoms with E-state index in [0.29, 0.717) is 43.1 Å². The first-order valence-corrected chi connectivity index (χ1v) is 13.9. The number of amides is 1. The van der Waals surface area contributed by atoms with Gasteiger partial charge in [0, 0.05) is 24.6 Å². The number of fused-ring (bicyclic) bond motifs is 1. The van der Waals surface area contributed by atoms with Crippen LogP contribution in [-0.2, 0) is 4.79 Å². The van der Waals surface area contributed by atoms with Crippen LogP contribution in [-0.4, -0.2) is 55.6 Å². The molecule has 9 nitrogen and oxygen atoms in total. The quantitative estimate of drug-likeness (QED) is 0.197. The fourth-order valence-electron chi connectivity index (χ4n) is 5.23. The van der Waals surface area contributed by atoms with Crippen molar-refractivity contribution in [3.63, 3.8) is 0 Å². The van der Waals surface area contributed by atoms with E-state index < -0.39 is 6.10 Å². The second-order valence-corrected chi connectivity index (χ2v) is 10.4. The summed E-state index contributed by atoms with van der Waals surface area (Å²) in [6.45, 7) is 1.58. The number of hydrogen-bond acceptors (Lipinski definition) is 8. The molecular weight excluding hydrogens is 530 g/mol. The van der Waals surface area contributed by atoms with Crippen LogP contribution in [0, 0.1) is 23.2 Å². The zero-order valence-electron chi connectivity index (χ0n) is 22.9. The van der Waals surface area contributed by atoms with E-state index in [1.807, 2.05) is 24.3 Å². The lowest BCUT2D eigenvalue weighted by Crippen LogP contribution is -2.45. The van der Waals surface area contributed by atoms with Crippen LogP contribution >= 0.6 is 11.6 Å². The molecule has 4 N–H and O–H groups in total. The number of aliphatic hydroxyl groups is 1. The van der Waals surface area contributed by atoms with Gasteiger partial charge in [-0.25, -0.2) is 5.01 Å². The van der Waals surface area contributed by atoms with Crippen LogP contribution in [0.15, 0.2) is 47.6 Å². The highest BCUT2D eigenvalue weighted by Gasteiger charge is 2.40. The smallest absolute Gasteiger partial charge is 0.246 e. The third-order valence-corrected chi connectivity index (χ3v) is 7.79. The fraction of sp³-hybridized carbons (Fsp3) is 0.433.